The Morgan fingerprint density at radius 2 is 0.850 bits per heavy atom. The summed E-state index contributed by atoms with van der Waals surface area (Å²) in [6.45, 7) is 112. The molecular weight excluding hydrogens is 1670 g/mol. The van der Waals surface area contributed by atoms with Crippen molar-refractivity contribution in [1.82, 2.24) is 69.8 Å². The minimum Gasteiger partial charge on any atom is -0.481 e. The number of carbonyl (C=O) groups is 3. The van der Waals surface area contributed by atoms with Gasteiger partial charge in [0.1, 0.15) is 0 Å². The van der Waals surface area contributed by atoms with Gasteiger partial charge >= 0.3 is 18.0 Å². The van der Waals surface area contributed by atoms with Crippen LogP contribution in [0.25, 0.3) is 0 Å². The summed E-state index contributed by atoms with van der Waals surface area (Å²) >= 11 is 0. The fraction of sp³-hybridized carbons (Fsp3) is 0.954. The Morgan fingerprint density at radius 1 is 0.421 bits per heavy atom. The van der Waals surface area contributed by atoms with Gasteiger partial charge in [0.2, 0.25) is 0 Å². The normalized spacial score (nSPS) is 24.8. The number of alkyl carbamates (subject to hydrolysis) is 1. The van der Waals surface area contributed by atoms with Crippen LogP contribution >= 0.6 is 0 Å². The lowest BCUT2D eigenvalue weighted by Gasteiger charge is -2.46. The number of carbonyl (C=O) groups excluding carboxylic acids is 1. The molecule has 25 heteroatoms. The van der Waals surface area contributed by atoms with Gasteiger partial charge in [0, 0.05) is 197 Å². The van der Waals surface area contributed by atoms with Gasteiger partial charge in [-0.15, -0.1) is 0 Å². The lowest BCUT2D eigenvalue weighted by atomic mass is 9.93. The van der Waals surface area contributed by atoms with E-state index in [2.05, 4.69) is 344 Å². The number of piperazine rings is 1. The van der Waals surface area contributed by atoms with E-state index in [1.165, 1.54) is 124 Å². The molecule has 133 heavy (non-hydrogen) atoms. The Kier molecular flexibility index (Phi) is 64.3. The van der Waals surface area contributed by atoms with E-state index < -0.39 is 24.1 Å². The number of aliphatic carboxylic acids is 2. The van der Waals surface area contributed by atoms with Crippen molar-refractivity contribution >= 4 is 18.0 Å². The molecule has 11 aliphatic heterocycles. The number of nitrogens with one attached hydrogen (secondary N) is 3. The summed E-state index contributed by atoms with van der Waals surface area (Å²) in [5.41, 5.74) is 4.33. The molecule has 7 atom stereocenters. The molecular formula is C108H230N14O11. The van der Waals surface area contributed by atoms with Gasteiger partial charge in [0.05, 0.1) is 51.7 Å². The second-order valence-corrected chi connectivity index (χ2v) is 50.0. The van der Waals surface area contributed by atoms with Crippen LogP contribution in [-0.4, -0.2) is 385 Å². The first-order valence-corrected chi connectivity index (χ1v) is 50.7. The second kappa shape index (κ2) is 62.6. The van der Waals surface area contributed by atoms with Crippen molar-refractivity contribution in [2.24, 2.45) is 23.7 Å². The summed E-state index contributed by atoms with van der Waals surface area (Å²) in [6.07, 6.45) is 15.0. The number of ether oxygens (including phenoxy) is 3. The number of hydrogen-bond acceptors (Lipinski definition) is 22. The number of rotatable bonds is 6. The number of likely N-dealkylation sites (tertiary alicyclic amines) is 6. The molecule has 0 saturated carbocycles. The first-order valence-electron chi connectivity index (χ1n) is 50.7. The lowest BCUT2D eigenvalue weighted by molar-refractivity contribution is -0.158. The van der Waals surface area contributed by atoms with Crippen LogP contribution in [0.4, 0.5) is 4.79 Å². The van der Waals surface area contributed by atoms with Crippen molar-refractivity contribution < 1.29 is 54.1 Å². The maximum absolute atomic E-state index is 11.1. The molecule has 11 rings (SSSR count). The number of morpholine rings is 2. The summed E-state index contributed by atoms with van der Waals surface area (Å²) in [6, 6.07) is 0.434. The Hall–Kier alpha value is -2.77. The maximum Gasteiger partial charge on any atom is 0.407 e. The van der Waals surface area contributed by atoms with Crippen molar-refractivity contribution in [2.45, 2.75) is 461 Å². The Labute approximate surface area is 824 Å². The third kappa shape index (κ3) is 57.2. The Bertz CT molecular complexity index is 2980. The van der Waals surface area contributed by atoms with Crippen molar-refractivity contribution in [3.05, 3.63) is 11.6 Å². The van der Waals surface area contributed by atoms with E-state index in [9.17, 15) is 24.6 Å². The van der Waals surface area contributed by atoms with Crippen molar-refractivity contribution in [3.8, 4) is 0 Å². The van der Waals surface area contributed by atoms with Crippen molar-refractivity contribution in [2.75, 3.05) is 191 Å². The molecule has 8 N–H and O–H groups in total. The van der Waals surface area contributed by atoms with Crippen LogP contribution in [0.5, 0.6) is 0 Å². The van der Waals surface area contributed by atoms with Crippen LogP contribution in [-0.2, 0) is 23.8 Å². The Morgan fingerprint density at radius 3 is 1.25 bits per heavy atom. The number of aliphatic hydroxyl groups is 3. The fourth-order valence-corrected chi connectivity index (χ4v) is 17.3. The van der Waals surface area contributed by atoms with E-state index >= 15 is 0 Å². The van der Waals surface area contributed by atoms with Gasteiger partial charge in [-0.1, -0.05) is 69.1 Å². The highest BCUT2D eigenvalue weighted by atomic mass is 16.5. The highest BCUT2D eigenvalue weighted by Crippen LogP contribution is 2.31. The third-order valence-corrected chi connectivity index (χ3v) is 27.1. The molecule has 798 valence electrons. The van der Waals surface area contributed by atoms with E-state index in [0.29, 0.717) is 65.6 Å². The van der Waals surface area contributed by atoms with Crippen LogP contribution in [0.1, 0.15) is 363 Å². The summed E-state index contributed by atoms with van der Waals surface area (Å²) in [7, 11) is 1.36. The summed E-state index contributed by atoms with van der Waals surface area (Å²) in [5.74, 6) is 1.13. The molecule has 0 aromatic heterocycles. The number of carboxylic acids is 2. The fourth-order valence-electron chi connectivity index (χ4n) is 17.3. The smallest absolute Gasteiger partial charge is 0.407 e. The minimum absolute atomic E-state index is 0. The van der Waals surface area contributed by atoms with Crippen LogP contribution in [0.3, 0.4) is 0 Å². The molecule has 0 bridgehead atoms. The van der Waals surface area contributed by atoms with Crippen molar-refractivity contribution in [1.29, 1.82) is 0 Å². The zero-order chi connectivity index (χ0) is 99.5. The van der Waals surface area contributed by atoms with Gasteiger partial charge in [-0.25, -0.2) is 9.59 Å². The van der Waals surface area contributed by atoms with E-state index in [1.807, 2.05) is 0 Å². The van der Waals surface area contributed by atoms with Crippen molar-refractivity contribution in [3.63, 3.8) is 0 Å². The average Bonchev–Trinajstić information content (AvgIpc) is 1.59. The van der Waals surface area contributed by atoms with Gasteiger partial charge in [0.25, 0.3) is 0 Å². The number of hydrogen-bond donors (Lipinski definition) is 8. The number of β-amino-alcohol motifs (C(OH)–C–C–N with tert-alkyl or cyclic N) is 1. The summed E-state index contributed by atoms with van der Waals surface area (Å²) in [5, 5.41) is 54.7. The molecule has 0 aromatic carbocycles. The van der Waals surface area contributed by atoms with Gasteiger partial charge < -0.3 is 55.7 Å². The number of nitrogens with zero attached hydrogens (tertiary/aromatic N) is 11. The van der Waals surface area contributed by atoms with Crippen LogP contribution in [0.2, 0.25) is 0 Å². The predicted octanol–water partition coefficient (Wildman–Crippen LogP) is 18.4. The maximum atomic E-state index is 11.1. The van der Waals surface area contributed by atoms with Gasteiger partial charge in [-0.2, -0.15) is 0 Å². The number of carboxylic acid groups (broad SMARTS) is 2. The molecule has 1 amide bonds. The SMILES string of the molecule is C.C.C.C.CC(C)(C)N1CC(C(=O)O)C1.CC(C)(C)N1CCCCC(O)C1.CC(C)(C)N1CCCNCC1.CC(C)(C)N1CCNC(CO)C1.CC(C)(C)N1CCOC(C(=O)O)C1.CC1=CCN(C(C)(C)C)CC1.CC1CCCN(C(C)(C)C)C1.CC1CCN(C(C)(C)C)CC1.CC1CN(C(C)(C)C)C1.CCC1CN(C(C)(C)C)CCO1.COC(=O)NC1CC(CO)N(C(C)(C)C)C1. The molecule has 11 aliphatic rings. The summed E-state index contributed by atoms with van der Waals surface area (Å²) in [4.78, 5) is 58.8. The molecule has 10 saturated heterocycles. The molecule has 0 spiro atoms. The summed E-state index contributed by atoms with van der Waals surface area (Å²) < 4.78 is 15.3. The number of piperidine rings is 2. The molecule has 0 radical (unpaired) electrons. The van der Waals surface area contributed by atoms with Crippen LogP contribution < -0.4 is 16.0 Å². The number of aliphatic hydroxyl groups excluding tert-OH is 3. The predicted molar refractivity (Wildman–Crippen MR) is 571 cm³/mol. The monoisotopic (exact) mass is 1900 g/mol. The topological polar surface area (TPSA) is 252 Å². The molecule has 0 aliphatic carbocycles. The van der Waals surface area contributed by atoms with E-state index in [1.54, 1.807) is 5.57 Å². The van der Waals surface area contributed by atoms with E-state index in [-0.39, 0.29) is 101 Å². The highest BCUT2D eigenvalue weighted by molar-refractivity contribution is 5.73. The second-order valence-electron chi connectivity index (χ2n) is 50.0. The molecule has 25 nitrogen and oxygen atoms in total. The van der Waals surface area contributed by atoms with E-state index in [0.717, 1.165) is 116 Å². The number of methoxy groups -OCH3 is 1. The van der Waals surface area contributed by atoms with E-state index in [4.69, 9.17) is 24.8 Å². The van der Waals surface area contributed by atoms with Gasteiger partial charge in [-0.05, 0) is 363 Å². The lowest BCUT2D eigenvalue weighted by Crippen LogP contribution is -2.58. The number of amides is 1. The minimum atomic E-state index is -0.867. The zero-order valence-corrected chi connectivity index (χ0v) is 91.5. The average molecular weight is 1900 g/mol. The van der Waals surface area contributed by atoms with Crippen LogP contribution in [0, 0.1) is 23.7 Å². The first-order chi connectivity index (χ1) is 58.9. The standard InChI is InChI=1S/C11H22N2O3.2C10H21NO.C10H21N.C10H19N.C10H21N.C9H20N2O.C9H20N2.C9H17NO3.C8H15NO2.C8H17N.4CH4/c1-11(2,3)13-6-8(5-9(13)7-14)12-10(15)16-4;1-10(2,3)11-7-5-4-6-9(12)8-11;1-5-9-8-11(6-7-12-9)10(2,3)4;2*1-9-5-7-11(8-6-9)10(2,3)4;1-9-6-5-7-11(8-9)10(2,3)4;1-9(2,3)11-5-4-10-8(6-11)7-12;1-9(2,3)11-7-4-5-10-6-8-11;1-9(2,3)10-4-5-13-7(6-10)8(11)12;1-8(2,3)9-4-6(5-9)7(10)11;1-7-5-9(6-7)8(2,3)4;;;;/h8-9,14H,5-7H2,1-4H3,(H,12,15);9,12H,4-8H2,1-3H3;9H,5-8H2,1-4H3;9H,5-8H2,1-4H3;5H,6-8H2,1-4H3;9H,5-8H2,1-4H3;8,10,12H,4-7H2,1-3H3;10H,4-8H2,1-3H3;7H,4-6H2,1-3H3,(H,11,12);6H,4-5H2,1-3H3,(H,10,11);7H,5-6H2,1-4H3;4*1H4. The first kappa shape index (κ1) is 136. The quantitative estimate of drug-likeness (QED) is 0.115. The molecule has 10 fully saturated rings. The molecule has 7 unspecified atom stereocenters. The third-order valence-electron chi connectivity index (χ3n) is 27.1. The largest absolute Gasteiger partial charge is 0.481 e. The van der Waals surface area contributed by atoms with Crippen LogP contribution in [0.15, 0.2) is 11.6 Å². The van der Waals surface area contributed by atoms with Gasteiger partial charge in [-0.3, -0.25) is 58.7 Å². The zero-order valence-electron chi connectivity index (χ0n) is 91.5. The molecule has 0 aromatic rings. The Balaban J connectivity index is -0.000000688. The highest BCUT2D eigenvalue weighted by Gasteiger charge is 2.41. The molecule has 11 heterocycles. The van der Waals surface area contributed by atoms with Gasteiger partial charge in [0.15, 0.2) is 6.10 Å².